The van der Waals surface area contributed by atoms with E-state index in [0.29, 0.717) is 6.04 Å². The highest BCUT2D eigenvalue weighted by atomic mass is 16.2. The molecule has 5 rings (SSSR count). The van der Waals surface area contributed by atoms with Crippen molar-refractivity contribution in [2.45, 2.75) is 31.7 Å². The van der Waals surface area contributed by atoms with Gasteiger partial charge in [-0.25, -0.2) is 0 Å². The summed E-state index contributed by atoms with van der Waals surface area (Å²) in [6, 6.07) is 7.16. The predicted octanol–water partition coefficient (Wildman–Crippen LogP) is 1.84. The molecule has 1 unspecified atom stereocenters. The summed E-state index contributed by atoms with van der Waals surface area (Å²) in [6.07, 6.45) is 6.89. The van der Waals surface area contributed by atoms with E-state index in [1.165, 1.54) is 49.4 Å². The number of likely N-dealkylation sites (N-methyl/N-ethyl adjacent to an activating group) is 1. The van der Waals surface area contributed by atoms with E-state index < -0.39 is 0 Å². The van der Waals surface area contributed by atoms with Crippen LogP contribution in [0.1, 0.15) is 34.3 Å². The summed E-state index contributed by atoms with van der Waals surface area (Å²) >= 11 is 0. The highest BCUT2D eigenvalue weighted by Crippen LogP contribution is 2.27. The summed E-state index contributed by atoms with van der Waals surface area (Å²) in [5, 5.41) is 0. The van der Waals surface area contributed by atoms with E-state index in [0.717, 1.165) is 51.0 Å². The summed E-state index contributed by atoms with van der Waals surface area (Å²) in [4.78, 5) is 22.6. The van der Waals surface area contributed by atoms with Gasteiger partial charge in [-0.3, -0.25) is 9.69 Å². The Morgan fingerprint density at radius 2 is 1.86 bits per heavy atom. The van der Waals surface area contributed by atoms with Gasteiger partial charge in [-0.2, -0.15) is 0 Å². The third kappa shape index (κ3) is 3.46. The van der Waals surface area contributed by atoms with E-state index in [4.69, 9.17) is 0 Å². The maximum atomic E-state index is 13.1. The number of aryl methyl sites for hydroxylation is 1. The van der Waals surface area contributed by atoms with E-state index in [9.17, 15) is 4.79 Å². The molecule has 4 aliphatic rings. The Morgan fingerprint density at radius 1 is 1.00 bits per heavy atom. The van der Waals surface area contributed by atoms with Gasteiger partial charge in [-0.1, -0.05) is 12.1 Å². The molecular weight excluding hydrogens is 348 g/mol. The zero-order chi connectivity index (χ0) is 19.1. The number of benzene rings is 1. The first kappa shape index (κ1) is 18.2. The molecule has 28 heavy (non-hydrogen) atoms. The molecule has 0 aromatic heterocycles. The van der Waals surface area contributed by atoms with Crippen LogP contribution in [0, 0.1) is 0 Å². The molecule has 5 heteroatoms. The quantitative estimate of drug-likeness (QED) is 0.783. The molecule has 1 aromatic carbocycles. The number of hydrogen-bond donors (Lipinski definition) is 0. The first-order valence-corrected chi connectivity index (χ1v) is 10.9. The Hall–Kier alpha value is -1.85. The highest BCUT2D eigenvalue weighted by Gasteiger charge is 2.29. The second-order valence-corrected chi connectivity index (χ2v) is 8.92. The van der Waals surface area contributed by atoms with Crippen LogP contribution in [-0.4, -0.2) is 91.0 Å². The molecule has 2 fully saturated rings. The van der Waals surface area contributed by atoms with Gasteiger partial charge in [0.1, 0.15) is 0 Å². The fourth-order valence-electron chi connectivity index (χ4n) is 5.32. The lowest BCUT2D eigenvalue weighted by molar-refractivity contribution is 0.0708. The summed E-state index contributed by atoms with van der Waals surface area (Å²) in [6.45, 7) is 8.48. The van der Waals surface area contributed by atoms with Gasteiger partial charge in [0.15, 0.2) is 0 Å². The van der Waals surface area contributed by atoms with Gasteiger partial charge < -0.3 is 14.7 Å². The smallest absolute Gasteiger partial charge is 0.254 e. The zero-order valence-electron chi connectivity index (χ0n) is 17.1. The topological polar surface area (TPSA) is 30.0 Å². The summed E-state index contributed by atoms with van der Waals surface area (Å²) in [7, 11) is 2.22. The van der Waals surface area contributed by atoms with Gasteiger partial charge >= 0.3 is 0 Å². The predicted molar refractivity (Wildman–Crippen MR) is 112 cm³/mol. The van der Waals surface area contributed by atoms with E-state index in [2.05, 4.69) is 46.0 Å². The van der Waals surface area contributed by atoms with E-state index >= 15 is 0 Å². The molecule has 0 saturated carbocycles. The SMILES string of the molecule is CN1CCN(C2CCc3cc(C(=O)N4CCN5CCC=C5C4)ccc3C2)CC1. The Balaban J connectivity index is 1.26. The minimum Gasteiger partial charge on any atom is -0.372 e. The molecule has 1 amide bonds. The minimum atomic E-state index is 0.205. The van der Waals surface area contributed by atoms with E-state index in [-0.39, 0.29) is 5.91 Å². The molecule has 0 spiro atoms. The molecule has 3 aliphatic heterocycles. The van der Waals surface area contributed by atoms with Crippen molar-refractivity contribution in [3.63, 3.8) is 0 Å². The molecule has 0 bridgehead atoms. The van der Waals surface area contributed by atoms with E-state index in [1.807, 2.05) is 4.90 Å². The van der Waals surface area contributed by atoms with Crippen LogP contribution in [0.5, 0.6) is 0 Å². The molecule has 5 nitrogen and oxygen atoms in total. The van der Waals surface area contributed by atoms with Crippen molar-refractivity contribution in [1.82, 2.24) is 19.6 Å². The van der Waals surface area contributed by atoms with Crippen LogP contribution in [0.4, 0.5) is 0 Å². The van der Waals surface area contributed by atoms with Crippen LogP contribution >= 0.6 is 0 Å². The minimum absolute atomic E-state index is 0.205. The third-order valence-corrected chi connectivity index (χ3v) is 7.17. The largest absolute Gasteiger partial charge is 0.372 e. The number of hydrogen-bond acceptors (Lipinski definition) is 4. The van der Waals surface area contributed by atoms with Crippen molar-refractivity contribution in [2.75, 3.05) is 59.4 Å². The van der Waals surface area contributed by atoms with Crippen molar-refractivity contribution >= 4 is 5.91 Å². The van der Waals surface area contributed by atoms with Gasteiger partial charge in [0.2, 0.25) is 0 Å². The van der Waals surface area contributed by atoms with Gasteiger partial charge in [-0.05, 0) is 56.0 Å². The lowest BCUT2D eigenvalue weighted by Crippen LogP contribution is -2.50. The fraction of sp³-hybridized carbons (Fsp3) is 0.609. The van der Waals surface area contributed by atoms with Crippen LogP contribution in [0.25, 0.3) is 0 Å². The number of amides is 1. The third-order valence-electron chi connectivity index (χ3n) is 7.17. The number of carbonyl (C=O) groups excluding carboxylic acids is 1. The van der Waals surface area contributed by atoms with Gasteiger partial charge in [-0.15, -0.1) is 0 Å². The van der Waals surface area contributed by atoms with Crippen LogP contribution in [0.2, 0.25) is 0 Å². The van der Waals surface area contributed by atoms with Crippen LogP contribution in [0.3, 0.4) is 0 Å². The number of rotatable bonds is 2. The molecule has 150 valence electrons. The molecular formula is C23H32N4O. The number of nitrogens with zero attached hydrogens (tertiary/aromatic N) is 4. The summed E-state index contributed by atoms with van der Waals surface area (Å²) in [5.74, 6) is 0.205. The Morgan fingerprint density at radius 3 is 2.71 bits per heavy atom. The average molecular weight is 381 g/mol. The molecule has 0 radical (unpaired) electrons. The molecule has 1 atom stereocenters. The molecule has 1 aromatic rings. The first-order valence-electron chi connectivity index (χ1n) is 10.9. The lowest BCUT2D eigenvalue weighted by Gasteiger charge is -2.40. The monoisotopic (exact) mass is 380 g/mol. The van der Waals surface area contributed by atoms with Crippen LogP contribution in [-0.2, 0) is 12.8 Å². The van der Waals surface area contributed by atoms with Crippen LogP contribution < -0.4 is 0 Å². The number of piperazine rings is 2. The zero-order valence-corrected chi connectivity index (χ0v) is 17.1. The fourth-order valence-corrected chi connectivity index (χ4v) is 5.32. The molecule has 1 aliphatic carbocycles. The van der Waals surface area contributed by atoms with Crippen molar-refractivity contribution in [1.29, 1.82) is 0 Å². The van der Waals surface area contributed by atoms with Crippen molar-refractivity contribution in [3.8, 4) is 0 Å². The number of carbonyl (C=O) groups is 1. The summed E-state index contributed by atoms with van der Waals surface area (Å²) < 4.78 is 0. The Labute approximate surface area is 168 Å². The van der Waals surface area contributed by atoms with Crippen LogP contribution in [0.15, 0.2) is 30.0 Å². The number of fused-ring (bicyclic) bond motifs is 2. The standard InChI is InChI=1S/C23H32N4O/c1-24-9-11-26(12-10-24)21-7-6-18-15-20(5-4-19(18)16-21)23(28)27-14-13-25-8-2-3-22(25)17-27/h3-5,15,21H,2,6-14,16-17H2,1H3. The van der Waals surface area contributed by atoms with Crippen molar-refractivity contribution in [3.05, 3.63) is 46.7 Å². The lowest BCUT2D eigenvalue weighted by atomic mass is 9.86. The average Bonchev–Trinajstić information content (AvgIpc) is 3.21. The normalized spacial score (nSPS) is 26.0. The van der Waals surface area contributed by atoms with Crippen molar-refractivity contribution in [2.24, 2.45) is 0 Å². The maximum Gasteiger partial charge on any atom is 0.254 e. The first-order chi connectivity index (χ1) is 13.7. The Kier molecular flexibility index (Phi) is 4.89. The Bertz CT molecular complexity index is 781. The molecule has 2 saturated heterocycles. The molecule has 0 N–H and O–H groups in total. The van der Waals surface area contributed by atoms with Gasteiger partial charge in [0.25, 0.3) is 5.91 Å². The maximum absolute atomic E-state index is 13.1. The second kappa shape index (κ2) is 7.53. The van der Waals surface area contributed by atoms with E-state index in [1.54, 1.807) is 0 Å². The highest BCUT2D eigenvalue weighted by molar-refractivity contribution is 5.94. The summed E-state index contributed by atoms with van der Waals surface area (Å²) in [5.41, 5.74) is 5.07. The second-order valence-electron chi connectivity index (χ2n) is 8.92. The van der Waals surface area contributed by atoms with Gasteiger partial charge in [0.05, 0.1) is 6.54 Å². The van der Waals surface area contributed by atoms with Crippen molar-refractivity contribution < 1.29 is 4.79 Å². The van der Waals surface area contributed by atoms with Gasteiger partial charge in [0, 0.05) is 63.1 Å². The molecule has 3 heterocycles.